The van der Waals surface area contributed by atoms with E-state index >= 15 is 0 Å². The molecule has 8 rings (SSSR count). The number of rotatable bonds is 23. The SMILES string of the molecule is CCCOCCOCCOS(=O)(=O)c1ccc(C)cc1.Cc1ccc(S(=O)(=O)OCCOCCOCCCc2ccc3c(c2)[nH]c2ccccc23)cc1.O=CO[O-].Oc1ccc2c(c1)[nH]c1ccccc12.[Cs+].[Cs+].[H-]. The maximum Gasteiger partial charge on any atom is 1.00 e. The molecule has 6 aromatic carbocycles. The van der Waals surface area contributed by atoms with Gasteiger partial charge in [-0.15, -0.1) is 0 Å². The third kappa shape index (κ3) is 22.4. The maximum atomic E-state index is 12.1. The quantitative estimate of drug-likeness (QED) is 0.0276. The molecule has 0 bridgehead atoms. The molecule has 20 heteroatoms. The number of fused-ring (bicyclic) bond motifs is 6. The van der Waals surface area contributed by atoms with Gasteiger partial charge >= 0.3 is 138 Å². The number of aromatic hydroxyl groups is 1. The van der Waals surface area contributed by atoms with E-state index in [2.05, 4.69) is 57.3 Å². The number of nitrogens with one attached hydrogen (secondary N) is 2. The van der Waals surface area contributed by atoms with Crippen LogP contribution in [0.25, 0.3) is 43.6 Å². The molecule has 2 aromatic heterocycles. The number of aromatic amines is 2. The Hall–Kier alpha value is -2.09. The first-order valence-corrected chi connectivity index (χ1v) is 25.8. The Labute approximate surface area is 546 Å². The number of hydrogen-bond donors (Lipinski definition) is 3. The Bertz CT molecular complexity index is 3090. The molecule has 0 fully saturated rings. The fourth-order valence-electron chi connectivity index (χ4n) is 7.02. The molecule has 0 atom stereocenters. The van der Waals surface area contributed by atoms with Crippen LogP contribution in [-0.2, 0) is 63.7 Å². The van der Waals surface area contributed by atoms with Gasteiger partial charge in [0.2, 0.25) is 0 Å². The number of phenolic OH excluding ortho intramolecular Hbond substituents is 1. The van der Waals surface area contributed by atoms with Crippen molar-refractivity contribution < 1.29 is 203 Å². The second-order valence-corrected chi connectivity index (χ2v) is 19.1. The summed E-state index contributed by atoms with van der Waals surface area (Å²) in [6.45, 7) is 9.21. The minimum atomic E-state index is -3.74. The van der Waals surface area contributed by atoms with Crippen molar-refractivity contribution in [2.75, 3.05) is 66.1 Å². The Balaban J connectivity index is 0.000000389. The Kier molecular flexibility index (Phi) is 31.6. The molecule has 0 spiro atoms. The van der Waals surface area contributed by atoms with Gasteiger partial charge in [-0.1, -0.05) is 90.8 Å². The number of benzene rings is 6. The molecule has 2 heterocycles. The number of hydrogen-bond acceptors (Lipinski definition) is 14. The van der Waals surface area contributed by atoms with Crippen LogP contribution in [-0.4, -0.2) is 104 Å². The Morgan fingerprint density at radius 2 is 0.918 bits per heavy atom. The monoisotopic (exact) mass is 1280 g/mol. The summed E-state index contributed by atoms with van der Waals surface area (Å²) in [5.41, 5.74) is 7.67. The molecule has 0 radical (unpaired) electrons. The fraction of sp³-hybridized carbons (Fsp3) is 0.302. The third-order valence-electron chi connectivity index (χ3n) is 10.5. The average molecular weight is 1280 g/mol. The summed E-state index contributed by atoms with van der Waals surface area (Å²) in [5.74, 6) is 0.295. The minimum Gasteiger partial charge on any atom is -1.00 e. The molecule has 0 amide bonds. The van der Waals surface area contributed by atoms with Crippen molar-refractivity contribution in [3.8, 4) is 5.75 Å². The third-order valence-corrected chi connectivity index (χ3v) is 13.2. The van der Waals surface area contributed by atoms with Crippen LogP contribution in [0.1, 0.15) is 37.9 Å². The number of phenols is 1. The van der Waals surface area contributed by atoms with Crippen molar-refractivity contribution >= 4 is 70.3 Å². The van der Waals surface area contributed by atoms with E-state index < -0.39 is 20.2 Å². The van der Waals surface area contributed by atoms with Gasteiger partial charge in [0.15, 0.2) is 0 Å². The summed E-state index contributed by atoms with van der Waals surface area (Å²) in [5, 5.41) is 22.6. The molecule has 0 aliphatic heterocycles. The molecule has 0 saturated heterocycles. The van der Waals surface area contributed by atoms with Crippen molar-refractivity contribution in [1.82, 2.24) is 9.97 Å². The van der Waals surface area contributed by atoms with E-state index in [9.17, 15) is 21.9 Å². The summed E-state index contributed by atoms with van der Waals surface area (Å²) in [7, 11) is -7.43. The summed E-state index contributed by atoms with van der Waals surface area (Å²) in [6, 6.07) is 41.5. The zero-order valence-corrected chi connectivity index (χ0v) is 56.2. The number of H-pyrrole nitrogens is 2. The first-order chi connectivity index (χ1) is 34.3. The van der Waals surface area contributed by atoms with Gasteiger partial charge in [0.1, 0.15) is 5.75 Å². The van der Waals surface area contributed by atoms with Crippen LogP contribution in [0.5, 0.6) is 5.75 Å². The smallest absolute Gasteiger partial charge is 1.00 e. The number of aryl methyl sites for hydroxylation is 3. The molecule has 73 heavy (non-hydrogen) atoms. The first kappa shape index (κ1) is 65.2. The molecule has 8 aromatic rings. The molecule has 382 valence electrons. The van der Waals surface area contributed by atoms with E-state index in [0.717, 1.165) is 57.8 Å². The second kappa shape index (κ2) is 35.4. The van der Waals surface area contributed by atoms with Crippen molar-refractivity contribution in [3.63, 3.8) is 0 Å². The van der Waals surface area contributed by atoms with E-state index in [-0.39, 0.29) is 182 Å². The summed E-state index contributed by atoms with van der Waals surface area (Å²) in [4.78, 5) is 18.3. The van der Waals surface area contributed by atoms with Crippen LogP contribution < -0.4 is 143 Å². The van der Waals surface area contributed by atoms with E-state index in [0.29, 0.717) is 45.4 Å². The van der Waals surface area contributed by atoms with Crippen LogP contribution in [0.3, 0.4) is 0 Å². The van der Waals surface area contributed by atoms with Gasteiger partial charge in [0.25, 0.3) is 26.7 Å². The molecular weight excluding hydrogens is 1220 g/mol. The van der Waals surface area contributed by atoms with E-state index in [1.807, 2.05) is 51.1 Å². The van der Waals surface area contributed by atoms with Crippen molar-refractivity contribution in [1.29, 1.82) is 0 Å². The molecule has 0 aliphatic carbocycles. The van der Waals surface area contributed by atoms with Crippen LogP contribution in [0.15, 0.2) is 143 Å². The second-order valence-electron chi connectivity index (χ2n) is 15.9. The number of carbonyl (C=O) groups excluding carboxylic acids is 1. The summed E-state index contributed by atoms with van der Waals surface area (Å²) in [6.07, 6.45) is 2.83. The number of aromatic nitrogens is 2. The van der Waals surface area contributed by atoms with Gasteiger partial charge < -0.3 is 45.6 Å². The van der Waals surface area contributed by atoms with E-state index in [1.165, 1.54) is 46.0 Å². The zero-order chi connectivity index (χ0) is 50.9. The zero-order valence-electron chi connectivity index (χ0n) is 43.0. The fourth-order valence-corrected chi connectivity index (χ4v) is 8.80. The summed E-state index contributed by atoms with van der Waals surface area (Å²) < 4.78 is 79.2. The predicted octanol–water partition coefficient (Wildman–Crippen LogP) is 2.73. The molecule has 0 aliphatic rings. The molecule has 16 nitrogen and oxygen atoms in total. The number of carbonyl (C=O) groups is 1. The Morgan fingerprint density at radius 1 is 0.521 bits per heavy atom. The van der Waals surface area contributed by atoms with Crippen molar-refractivity contribution in [2.45, 2.75) is 49.8 Å². The van der Waals surface area contributed by atoms with Crippen LogP contribution in [0.2, 0.25) is 0 Å². The Morgan fingerprint density at radius 3 is 1.38 bits per heavy atom. The van der Waals surface area contributed by atoms with Gasteiger partial charge in [-0.3, -0.25) is 13.2 Å². The molecule has 3 N–H and O–H groups in total. The normalized spacial score (nSPS) is 11.1. The van der Waals surface area contributed by atoms with E-state index in [4.69, 9.17) is 37.4 Å². The van der Waals surface area contributed by atoms with Crippen LogP contribution in [0, 0.1) is 13.8 Å². The average Bonchev–Trinajstić information content (AvgIpc) is 3.93. The largest absolute Gasteiger partial charge is 1.00 e. The number of para-hydroxylation sites is 2. The van der Waals surface area contributed by atoms with E-state index in [1.54, 1.807) is 36.4 Å². The minimum absolute atomic E-state index is 0. The van der Waals surface area contributed by atoms with Crippen molar-refractivity contribution in [2.24, 2.45) is 0 Å². The van der Waals surface area contributed by atoms with Gasteiger partial charge in [-0.2, -0.15) is 16.8 Å². The van der Waals surface area contributed by atoms with Crippen molar-refractivity contribution in [3.05, 3.63) is 150 Å². The summed E-state index contributed by atoms with van der Waals surface area (Å²) >= 11 is 0. The maximum absolute atomic E-state index is 12.1. The predicted molar refractivity (Wildman–Crippen MR) is 272 cm³/mol. The number of ether oxygens (including phenoxy) is 4. The molecule has 0 unspecified atom stereocenters. The van der Waals surface area contributed by atoms with Gasteiger partial charge in [0.05, 0.1) is 68.2 Å². The first-order valence-electron chi connectivity index (χ1n) is 23.0. The molecule has 0 saturated carbocycles. The molecular formula is C53H62Cs2N2O14S2. The standard InChI is InChI=1S/C26H29NO5S.C14H22O5S.C12H9NO.CH2O3.2Cs.H/c1-20-8-11-22(12-9-20)33(28,29)32-18-17-31-16-15-30-14-4-5-21-10-13-24-23-6-2-3-7-25(23)27-26(24)19-21;1-3-8-17-9-10-18-11-12-19-20(15,16)14-6-4-13(2)5-7-14;14-8-5-6-10-9-3-1-2-4-11(9)13-12(10)7-8;2-1-4-3;;;/h2-3,6-13,19,27H,4-5,14-18H2,1H3;4-7H,3,8-12H2,1-2H3;1-7,13-14H;1,3H;;;/q;;;;2*+1;-1/p-1. The van der Waals surface area contributed by atoms with Gasteiger partial charge in [-0.25, -0.2) is 0 Å². The topological polar surface area (TPSA) is 225 Å². The van der Waals surface area contributed by atoms with Crippen LogP contribution in [0.4, 0.5) is 0 Å². The van der Waals surface area contributed by atoms with Gasteiger partial charge in [-0.05, 0) is 93.3 Å². The van der Waals surface area contributed by atoms with Crippen LogP contribution >= 0.6 is 0 Å². The van der Waals surface area contributed by atoms with Gasteiger partial charge in [0, 0.05) is 57.4 Å².